The summed E-state index contributed by atoms with van der Waals surface area (Å²) in [6, 6.07) is 3.11. The maximum Gasteiger partial charge on any atom is 0.235 e. The van der Waals surface area contributed by atoms with Crippen LogP contribution in [0.4, 0.5) is 10.1 Å². The third kappa shape index (κ3) is 0.823. The first-order chi connectivity index (χ1) is 6.65. The first kappa shape index (κ1) is 8.41. The van der Waals surface area contributed by atoms with Crippen molar-refractivity contribution in [2.45, 2.75) is 18.3 Å². The Kier molecular flexibility index (Phi) is 1.42. The van der Waals surface area contributed by atoms with Gasteiger partial charge in [0, 0.05) is 0 Å². The van der Waals surface area contributed by atoms with Crippen molar-refractivity contribution >= 4 is 27.5 Å². The Bertz CT molecular complexity index is 454. The second kappa shape index (κ2) is 2.37. The molecule has 14 heavy (non-hydrogen) atoms. The van der Waals surface area contributed by atoms with Crippen LogP contribution in [0.3, 0.4) is 0 Å². The predicted octanol–water partition coefficient (Wildman–Crippen LogP) is 2.57. The molecule has 0 aromatic heterocycles. The molecule has 0 saturated heterocycles. The van der Waals surface area contributed by atoms with Gasteiger partial charge >= 0.3 is 0 Å². The molecule has 2 nitrogen and oxygen atoms in total. The summed E-state index contributed by atoms with van der Waals surface area (Å²) in [7, 11) is 0. The summed E-state index contributed by atoms with van der Waals surface area (Å²) in [5, 5.41) is 2.73. The normalized spacial score (nSPS) is 20.9. The van der Waals surface area contributed by atoms with E-state index in [0.29, 0.717) is 10.2 Å². The van der Waals surface area contributed by atoms with Crippen LogP contribution in [0.1, 0.15) is 18.4 Å². The summed E-state index contributed by atoms with van der Waals surface area (Å²) in [4.78, 5) is 11.6. The summed E-state index contributed by atoms with van der Waals surface area (Å²) in [5.41, 5.74) is 1.23. The molecule has 0 radical (unpaired) electrons. The number of amides is 1. The van der Waals surface area contributed by atoms with Crippen molar-refractivity contribution in [1.29, 1.82) is 0 Å². The number of anilines is 1. The maximum absolute atomic E-state index is 13.2. The first-order valence-electron chi connectivity index (χ1n) is 4.45. The summed E-state index contributed by atoms with van der Waals surface area (Å²) in [6.45, 7) is 0. The van der Waals surface area contributed by atoms with Gasteiger partial charge in [0.1, 0.15) is 5.82 Å². The van der Waals surface area contributed by atoms with Crippen LogP contribution >= 0.6 is 15.9 Å². The SMILES string of the molecule is O=C1Nc2c(ccc(F)c2Br)C12CC2. The van der Waals surface area contributed by atoms with E-state index in [2.05, 4.69) is 21.2 Å². The number of hydrogen-bond acceptors (Lipinski definition) is 1. The average Bonchev–Trinajstić information content (AvgIpc) is 2.88. The molecule has 3 rings (SSSR count). The van der Waals surface area contributed by atoms with Crippen molar-refractivity contribution in [2.24, 2.45) is 0 Å². The zero-order valence-corrected chi connectivity index (χ0v) is 8.82. The third-order valence-corrected chi connectivity index (χ3v) is 3.81. The highest BCUT2D eigenvalue weighted by atomic mass is 79.9. The highest BCUT2D eigenvalue weighted by molar-refractivity contribution is 9.10. The highest BCUT2D eigenvalue weighted by Gasteiger charge is 2.56. The zero-order chi connectivity index (χ0) is 9.92. The minimum atomic E-state index is -0.332. The average molecular weight is 256 g/mol. The first-order valence-corrected chi connectivity index (χ1v) is 5.24. The fourth-order valence-corrected chi connectivity index (χ4v) is 2.49. The third-order valence-electron chi connectivity index (χ3n) is 3.03. The van der Waals surface area contributed by atoms with Gasteiger partial charge in [0.2, 0.25) is 5.91 Å². The second-order valence-electron chi connectivity index (χ2n) is 3.82. The standard InChI is InChI=1S/C10H7BrFNO/c11-7-6(12)2-1-5-8(7)13-9(14)10(5)3-4-10/h1-2H,3-4H2,(H,13,14). The van der Waals surface area contributed by atoms with Gasteiger partial charge in [-0.1, -0.05) is 6.07 Å². The van der Waals surface area contributed by atoms with Crippen molar-refractivity contribution in [3.05, 3.63) is 28.0 Å². The molecule has 1 fully saturated rings. The number of fused-ring (bicyclic) bond motifs is 2. The highest BCUT2D eigenvalue weighted by Crippen LogP contribution is 2.56. The molecule has 72 valence electrons. The minimum absolute atomic E-state index is 0.0128. The predicted molar refractivity (Wildman–Crippen MR) is 53.6 cm³/mol. The van der Waals surface area contributed by atoms with E-state index in [-0.39, 0.29) is 17.1 Å². The van der Waals surface area contributed by atoms with E-state index in [9.17, 15) is 9.18 Å². The largest absolute Gasteiger partial charge is 0.324 e. The van der Waals surface area contributed by atoms with Crippen molar-refractivity contribution in [3.63, 3.8) is 0 Å². The smallest absolute Gasteiger partial charge is 0.235 e. The van der Waals surface area contributed by atoms with Crippen LogP contribution in [0.2, 0.25) is 0 Å². The molecule has 2 aliphatic rings. The van der Waals surface area contributed by atoms with E-state index in [4.69, 9.17) is 0 Å². The fraction of sp³-hybridized carbons (Fsp3) is 0.300. The molecule has 1 aromatic carbocycles. The van der Waals surface area contributed by atoms with Crippen LogP contribution in [0.5, 0.6) is 0 Å². The number of nitrogens with one attached hydrogen (secondary N) is 1. The molecule has 1 aliphatic carbocycles. The Balaban J connectivity index is 2.27. The molecule has 1 amide bonds. The Labute approximate surface area is 88.6 Å². The molecule has 1 aromatic rings. The van der Waals surface area contributed by atoms with Crippen LogP contribution in [0, 0.1) is 5.82 Å². The van der Waals surface area contributed by atoms with Crippen molar-refractivity contribution in [1.82, 2.24) is 0 Å². The molecule has 1 aliphatic heterocycles. The summed E-state index contributed by atoms with van der Waals surface area (Å²) in [5.74, 6) is -0.319. The molecule has 4 heteroatoms. The van der Waals surface area contributed by atoms with Crippen LogP contribution in [0.15, 0.2) is 16.6 Å². The lowest BCUT2D eigenvalue weighted by Gasteiger charge is -2.04. The summed E-state index contributed by atoms with van der Waals surface area (Å²) in [6.07, 6.45) is 1.76. The molecule has 0 unspecified atom stereocenters. The Hall–Kier alpha value is -0.900. The van der Waals surface area contributed by atoms with Gasteiger partial charge in [0.05, 0.1) is 15.6 Å². The number of rotatable bonds is 0. The molecular weight excluding hydrogens is 249 g/mol. The lowest BCUT2D eigenvalue weighted by molar-refractivity contribution is -0.117. The molecule has 1 saturated carbocycles. The zero-order valence-electron chi connectivity index (χ0n) is 7.23. The van der Waals surface area contributed by atoms with Crippen molar-refractivity contribution in [3.8, 4) is 0 Å². The van der Waals surface area contributed by atoms with Gasteiger partial charge in [-0.2, -0.15) is 0 Å². The van der Waals surface area contributed by atoms with Gasteiger partial charge in [0.15, 0.2) is 0 Å². The van der Waals surface area contributed by atoms with Crippen molar-refractivity contribution in [2.75, 3.05) is 5.32 Å². The van der Waals surface area contributed by atoms with Gasteiger partial charge in [-0.15, -0.1) is 0 Å². The molecular formula is C10H7BrFNO. The number of carbonyl (C=O) groups is 1. The van der Waals surface area contributed by atoms with E-state index in [1.165, 1.54) is 6.07 Å². The molecule has 0 atom stereocenters. The monoisotopic (exact) mass is 255 g/mol. The van der Waals surface area contributed by atoms with Gasteiger partial charge in [0.25, 0.3) is 0 Å². The van der Waals surface area contributed by atoms with E-state index >= 15 is 0 Å². The fourth-order valence-electron chi connectivity index (χ4n) is 2.05. The Morgan fingerprint density at radius 3 is 2.79 bits per heavy atom. The van der Waals surface area contributed by atoms with E-state index in [0.717, 1.165) is 18.4 Å². The molecule has 0 bridgehead atoms. The van der Waals surface area contributed by atoms with E-state index < -0.39 is 0 Å². The molecule has 1 N–H and O–H groups in total. The van der Waals surface area contributed by atoms with E-state index in [1.54, 1.807) is 6.07 Å². The Morgan fingerprint density at radius 2 is 2.14 bits per heavy atom. The van der Waals surface area contributed by atoms with Crippen LogP contribution in [-0.4, -0.2) is 5.91 Å². The summed E-state index contributed by atoms with van der Waals surface area (Å²) < 4.78 is 13.5. The van der Waals surface area contributed by atoms with Crippen molar-refractivity contribution < 1.29 is 9.18 Å². The van der Waals surface area contributed by atoms with Crippen LogP contribution in [-0.2, 0) is 10.2 Å². The van der Waals surface area contributed by atoms with Gasteiger partial charge in [-0.3, -0.25) is 4.79 Å². The number of carbonyl (C=O) groups excluding carboxylic acids is 1. The summed E-state index contributed by atoms with van der Waals surface area (Å²) >= 11 is 3.15. The van der Waals surface area contributed by atoms with Gasteiger partial charge in [-0.25, -0.2) is 4.39 Å². The number of halogens is 2. The van der Waals surface area contributed by atoms with Gasteiger partial charge < -0.3 is 5.32 Å². The quantitative estimate of drug-likeness (QED) is 0.759. The number of hydrogen-bond donors (Lipinski definition) is 1. The lowest BCUT2D eigenvalue weighted by Crippen LogP contribution is -2.18. The molecule has 1 heterocycles. The number of benzene rings is 1. The molecule has 1 spiro atoms. The van der Waals surface area contributed by atoms with E-state index in [1.807, 2.05) is 0 Å². The topological polar surface area (TPSA) is 29.1 Å². The van der Waals surface area contributed by atoms with Crippen LogP contribution < -0.4 is 5.32 Å². The lowest BCUT2D eigenvalue weighted by atomic mass is 9.98. The van der Waals surface area contributed by atoms with Gasteiger partial charge in [-0.05, 0) is 40.4 Å². The maximum atomic E-state index is 13.2. The second-order valence-corrected chi connectivity index (χ2v) is 4.61. The Morgan fingerprint density at radius 1 is 1.43 bits per heavy atom. The van der Waals surface area contributed by atoms with Crippen LogP contribution in [0.25, 0.3) is 0 Å². The minimum Gasteiger partial charge on any atom is -0.324 e.